The minimum absolute atomic E-state index is 0.0166. The van der Waals surface area contributed by atoms with Crippen molar-refractivity contribution in [2.45, 2.75) is 36.5 Å². The first-order chi connectivity index (χ1) is 6.82. The van der Waals surface area contributed by atoms with Gasteiger partial charge in [0, 0.05) is 19.2 Å². The fourth-order valence-corrected chi connectivity index (χ4v) is 2.25. The summed E-state index contributed by atoms with van der Waals surface area (Å²) in [5.41, 5.74) is 0. The Kier molecular flexibility index (Phi) is 4.43. The first-order valence-corrected chi connectivity index (χ1v) is 5.76. The van der Waals surface area contributed by atoms with Crippen molar-refractivity contribution in [2.75, 3.05) is 20.2 Å². The van der Waals surface area contributed by atoms with Crippen LogP contribution in [0.2, 0.25) is 0 Å². The molecule has 1 rings (SSSR count). The summed E-state index contributed by atoms with van der Waals surface area (Å²) in [6.07, 6.45) is -3.37. The first-order valence-electron chi connectivity index (χ1n) is 4.85. The predicted molar refractivity (Wildman–Crippen MR) is 55.2 cm³/mol. The fraction of sp³-hybridized carbons (Fsp3) is 1.00. The van der Waals surface area contributed by atoms with Gasteiger partial charge in [0.25, 0.3) is 0 Å². The fourth-order valence-electron chi connectivity index (χ4n) is 1.79. The molecule has 0 N–H and O–H groups in total. The molecule has 0 aromatic heterocycles. The van der Waals surface area contributed by atoms with E-state index in [0.29, 0.717) is 6.61 Å². The summed E-state index contributed by atoms with van der Waals surface area (Å²) >= 11 is 2.66. The maximum atomic E-state index is 12.3. The number of alkyl halides is 4. The van der Waals surface area contributed by atoms with Crippen molar-refractivity contribution in [2.24, 2.45) is 0 Å². The van der Waals surface area contributed by atoms with Crippen molar-refractivity contribution in [1.82, 2.24) is 4.90 Å². The highest BCUT2D eigenvalue weighted by Gasteiger charge is 2.40. The lowest BCUT2D eigenvalue weighted by molar-refractivity contribution is -0.131. The van der Waals surface area contributed by atoms with Gasteiger partial charge >= 0.3 is 6.18 Å². The van der Waals surface area contributed by atoms with Crippen LogP contribution in [0.4, 0.5) is 13.2 Å². The number of likely N-dealkylation sites (N-methyl/N-ethyl adjacent to an activating group) is 1. The third-order valence-corrected chi connectivity index (χ3v) is 3.51. The van der Waals surface area contributed by atoms with Crippen LogP contribution in [0.25, 0.3) is 0 Å². The summed E-state index contributed by atoms with van der Waals surface area (Å²) in [4.78, 5) is 0.243. The van der Waals surface area contributed by atoms with E-state index in [4.69, 9.17) is 4.74 Å². The molecule has 0 radical (unpaired) electrons. The molecule has 3 atom stereocenters. The molecule has 1 heterocycles. The van der Waals surface area contributed by atoms with Crippen LogP contribution in [0, 0.1) is 0 Å². The number of nitrogens with zero attached hydrogens (tertiary/aromatic N) is 1. The molecule has 1 aliphatic heterocycles. The topological polar surface area (TPSA) is 12.5 Å². The lowest BCUT2D eigenvalue weighted by Gasteiger charge is -2.29. The normalized spacial score (nSPS) is 29.8. The van der Waals surface area contributed by atoms with E-state index >= 15 is 0 Å². The molecule has 0 aliphatic carbocycles. The first kappa shape index (κ1) is 13.3. The summed E-state index contributed by atoms with van der Waals surface area (Å²) in [5, 5.41) is 0. The van der Waals surface area contributed by atoms with E-state index in [9.17, 15) is 13.2 Å². The highest BCUT2D eigenvalue weighted by atomic mass is 79.9. The minimum Gasteiger partial charge on any atom is -0.377 e. The molecule has 0 saturated carbocycles. The van der Waals surface area contributed by atoms with Gasteiger partial charge in [0.05, 0.1) is 6.10 Å². The van der Waals surface area contributed by atoms with Crippen molar-refractivity contribution in [3.05, 3.63) is 0 Å². The second-order valence-corrected chi connectivity index (χ2v) is 4.99. The van der Waals surface area contributed by atoms with E-state index in [1.807, 2.05) is 6.92 Å². The summed E-state index contributed by atoms with van der Waals surface area (Å²) in [6.45, 7) is 2.49. The number of hydrogen-bond acceptors (Lipinski definition) is 2. The summed E-state index contributed by atoms with van der Waals surface area (Å²) in [5.74, 6) is 0. The van der Waals surface area contributed by atoms with E-state index in [1.165, 1.54) is 0 Å². The van der Waals surface area contributed by atoms with Crippen molar-refractivity contribution in [1.29, 1.82) is 0 Å². The largest absolute Gasteiger partial charge is 0.402 e. The third-order valence-electron chi connectivity index (χ3n) is 2.71. The van der Waals surface area contributed by atoms with E-state index in [0.717, 1.165) is 6.42 Å². The van der Waals surface area contributed by atoms with Gasteiger partial charge < -0.3 is 4.74 Å². The van der Waals surface area contributed by atoms with Crippen LogP contribution in [0.15, 0.2) is 0 Å². The van der Waals surface area contributed by atoms with Crippen LogP contribution in [-0.2, 0) is 4.74 Å². The molecule has 0 aromatic rings. The monoisotopic (exact) mass is 289 g/mol. The van der Waals surface area contributed by atoms with Gasteiger partial charge in [-0.15, -0.1) is 0 Å². The van der Waals surface area contributed by atoms with Crippen LogP contribution in [0.1, 0.15) is 13.3 Å². The Balaban J connectivity index is 2.44. The van der Waals surface area contributed by atoms with Gasteiger partial charge in [0.2, 0.25) is 0 Å². The summed E-state index contributed by atoms with van der Waals surface area (Å²) in [7, 11) is 1.70. The van der Waals surface area contributed by atoms with Gasteiger partial charge in [-0.1, -0.05) is 15.9 Å². The van der Waals surface area contributed by atoms with E-state index in [-0.39, 0.29) is 18.7 Å². The van der Waals surface area contributed by atoms with Crippen LogP contribution >= 0.6 is 15.9 Å². The van der Waals surface area contributed by atoms with Gasteiger partial charge in [-0.25, -0.2) is 0 Å². The van der Waals surface area contributed by atoms with Crippen molar-refractivity contribution >= 4 is 15.9 Å². The van der Waals surface area contributed by atoms with E-state index < -0.39 is 11.0 Å². The number of rotatable bonds is 3. The maximum absolute atomic E-state index is 12.3. The smallest absolute Gasteiger partial charge is 0.377 e. The maximum Gasteiger partial charge on any atom is 0.402 e. The van der Waals surface area contributed by atoms with Gasteiger partial charge in [-0.2, -0.15) is 13.2 Å². The predicted octanol–water partition coefficient (Wildman–Crippen LogP) is 2.42. The van der Waals surface area contributed by atoms with Crippen molar-refractivity contribution in [3.8, 4) is 0 Å². The molecular weight excluding hydrogens is 275 g/mol. The van der Waals surface area contributed by atoms with Crippen LogP contribution in [0.3, 0.4) is 0 Å². The van der Waals surface area contributed by atoms with Gasteiger partial charge in [-0.05, 0) is 20.4 Å². The molecule has 0 bridgehead atoms. The average Bonchev–Trinajstić information content (AvgIpc) is 2.49. The van der Waals surface area contributed by atoms with Crippen LogP contribution < -0.4 is 0 Å². The highest BCUT2D eigenvalue weighted by molar-refractivity contribution is 9.09. The molecule has 1 fully saturated rings. The van der Waals surface area contributed by atoms with Gasteiger partial charge in [0.15, 0.2) is 0 Å². The van der Waals surface area contributed by atoms with Crippen LogP contribution in [0.5, 0.6) is 0 Å². The SMILES string of the molecule is CC1OCCC1N(C)CC(Br)C(F)(F)F. The minimum atomic E-state index is -4.18. The number of hydrogen-bond donors (Lipinski definition) is 0. The Morgan fingerprint density at radius 3 is 2.53 bits per heavy atom. The molecular formula is C9H15BrF3NO. The average molecular weight is 290 g/mol. The molecule has 90 valence electrons. The van der Waals surface area contributed by atoms with E-state index in [1.54, 1.807) is 11.9 Å². The van der Waals surface area contributed by atoms with Crippen molar-refractivity contribution < 1.29 is 17.9 Å². The highest BCUT2D eigenvalue weighted by Crippen LogP contribution is 2.28. The molecule has 3 unspecified atom stereocenters. The van der Waals surface area contributed by atoms with Gasteiger partial charge in [-0.3, -0.25) is 4.90 Å². The quantitative estimate of drug-likeness (QED) is 0.740. The second kappa shape index (κ2) is 5.01. The summed E-state index contributed by atoms with van der Waals surface area (Å²) < 4.78 is 42.2. The Labute approximate surface area is 95.9 Å². The lowest BCUT2D eigenvalue weighted by atomic mass is 10.1. The lowest BCUT2D eigenvalue weighted by Crippen LogP contribution is -2.43. The Morgan fingerprint density at radius 1 is 1.53 bits per heavy atom. The number of ether oxygens (including phenoxy) is 1. The Morgan fingerprint density at radius 2 is 2.13 bits per heavy atom. The summed E-state index contributed by atoms with van der Waals surface area (Å²) in [6, 6.07) is 0.0902. The standard InChI is InChI=1S/C9H15BrF3NO/c1-6-7(3-4-15-6)14(2)5-8(10)9(11,12)13/h6-8H,3-5H2,1-2H3. The molecule has 0 aromatic carbocycles. The Hall–Kier alpha value is 0.190. The number of halogens is 4. The molecule has 1 saturated heterocycles. The Bertz CT molecular complexity index is 212. The van der Waals surface area contributed by atoms with Crippen molar-refractivity contribution in [3.63, 3.8) is 0 Å². The molecule has 0 spiro atoms. The zero-order valence-corrected chi connectivity index (χ0v) is 10.3. The molecule has 0 amide bonds. The van der Waals surface area contributed by atoms with E-state index in [2.05, 4.69) is 15.9 Å². The molecule has 15 heavy (non-hydrogen) atoms. The zero-order valence-electron chi connectivity index (χ0n) is 8.72. The zero-order chi connectivity index (χ0) is 11.6. The van der Waals surface area contributed by atoms with Crippen LogP contribution in [-0.4, -0.2) is 48.2 Å². The second-order valence-electron chi connectivity index (χ2n) is 3.88. The molecule has 6 heteroatoms. The third kappa shape index (κ3) is 3.60. The molecule has 1 aliphatic rings. The molecule has 2 nitrogen and oxygen atoms in total. The van der Waals surface area contributed by atoms with Gasteiger partial charge in [0.1, 0.15) is 4.83 Å².